The minimum atomic E-state index is -0.548. The van der Waals surface area contributed by atoms with E-state index in [1.807, 2.05) is 12.2 Å². The van der Waals surface area contributed by atoms with Crippen LogP contribution in [0.4, 0.5) is 0 Å². The van der Waals surface area contributed by atoms with Crippen molar-refractivity contribution in [1.29, 1.82) is 0 Å². The molecule has 1 aliphatic heterocycles. The van der Waals surface area contributed by atoms with Crippen LogP contribution in [-0.2, 0) is 9.59 Å². The monoisotopic (exact) mass is 154 g/mol. The molecule has 0 aromatic rings. The van der Waals surface area contributed by atoms with Gasteiger partial charge in [0.15, 0.2) is 0 Å². The first-order valence-corrected chi connectivity index (χ1v) is 3.41. The SMILES string of the molecule is CNC(=O)C(=O)N1CC=CC1. The standard InChI is InChI=1S/C7H10N2O2/c1-8-6(10)7(11)9-4-2-3-5-9/h2-3H,4-5H2,1H3,(H,8,10). The lowest BCUT2D eigenvalue weighted by Crippen LogP contribution is -2.40. The van der Waals surface area contributed by atoms with Crippen LogP contribution in [0, 0.1) is 0 Å². The van der Waals surface area contributed by atoms with E-state index in [1.165, 1.54) is 11.9 Å². The largest absolute Gasteiger partial charge is 0.351 e. The van der Waals surface area contributed by atoms with Crippen molar-refractivity contribution in [3.05, 3.63) is 12.2 Å². The van der Waals surface area contributed by atoms with Gasteiger partial charge in [0.1, 0.15) is 0 Å². The van der Waals surface area contributed by atoms with Gasteiger partial charge in [-0.15, -0.1) is 0 Å². The predicted octanol–water partition coefficient (Wildman–Crippen LogP) is -0.869. The summed E-state index contributed by atoms with van der Waals surface area (Å²) in [5.74, 6) is -1.01. The molecule has 1 N–H and O–H groups in total. The van der Waals surface area contributed by atoms with Crippen molar-refractivity contribution < 1.29 is 9.59 Å². The molecular formula is C7H10N2O2. The van der Waals surface area contributed by atoms with Crippen molar-refractivity contribution in [3.8, 4) is 0 Å². The Morgan fingerprint density at radius 1 is 1.36 bits per heavy atom. The molecule has 1 aliphatic rings. The number of hydrogen-bond acceptors (Lipinski definition) is 2. The van der Waals surface area contributed by atoms with E-state index in [1.54, 1.807) is 0 Å². The van der Waals surface area contributed by atoms with Crippen LogP contribution in [0.15, 0.2) is 12.2 Å². The second-order valence-electron chi connectivity index (χ2n) is 2.26. The molecule has 11 heavy (non-hydrogen) atoms. The Balaban J connectivity index is 2.48. The number of hydrogen-bond donors (Lipinski definition) is 1. The number of likely N-dealkylation sites (N-methyl/N-ethyl adjacent to an activating group) is 1. The Morgan fingerprint density at radius 3 is 2.36 bits per heavy atom. The van der Waals surface area contributed by atoms with Gasteiger partial charge in [0.25, 0.3) is 0 Å². The molecule has 60 valence electrons. The molecule has 0 saturated carbocycles. The number of carbonyl (C=O) groups excluding carboxylic acids is 2. The van der Waals surface area contributed by atoms with E-state index in [0.717, 1.165) is 0 Å². The highest BCUT2D eigenvalue weighted by Gasteiger charge is 2.20. The van der Waals surface area contributed by atoms with Crippen molar-refractivity contribution in [1.82, 2.24) is 10.2 Å². The van der Waals surface area contributed by atoms with Crippen molar-refractivity contribution in [2.45, 2.75) is 0 Å². The lowest BCUT2D eigenvalue weighted by Gasteiger charge is -2.12. The minimum Gasteiger partial charge on any atom is -0.351 e. The average molecular weight is 154 g/mol. The third kappa shape index (κ3) is 1.58. The number of amides is 2. The first-order valence-electron chi connectivity index (χ1n) is 3.41. The molecule has 0 atom stereocenters. The second-order valence-corrected chi connectivity index (χ2v) is 2.26. The highest BCUT2D eigenvalue weighted by molar-refractivity contribution is 6.35. The molecule has 4 heteroatoms. The Morgan fingerprint density at radius 2 is 1.91 bits per heavy atom. The molecule has 0 radical (unpaired) electrons. The number of carbonyl (C=O) groups is 2. The Bertz CT molecular complexity index is 202. The van der Waals surface area contributed by atoms with E-state index < -0.39 is 11.8 Å². The van der Waals surface area contributed by atoms with Gasteiger partial charge in [0.2, 0.25) is 0 Å². The van der Waals surface area contributed by atoms with E-state index in [4.69, 9.17) is 0 Å². The van der Waals surface area contributed by atoms with Crippen LogP contribution in [-0.4, -0.2) is 36.9 Å². The van der Waals surface area contributed by atoms with E-state index in [9.17, 15) is 9.59 Å². The molecule has 1 heterocycles. The van der Waals surface area contributed by atoms with Crippen LogP contribution in [0.5, 0.6) is 0 Å². The van der Waals surface area contributed by atoms with E-state index in [2.05, 4.69) is 5.32 Å². The van der Waals surface area contributed by atoms with Gasteiger partial charge in [-0.25, -0.2) is 0 Å². The van der Waals surface area contributed by atoms with Crippen LogP contribution in [0.25, 0.3) is 0 Å². The van der Waals surface area contributed by atoms with Gasteiger partial charge in [0.05, 0.1) is 0 Å². The van der Waals surface area contributed by atoms with Gasteiger partial charge in [-0.05, 0) is 0 Å². The molecule has 2 amide bonds. The quantitative estimate of drug-likeness (QED) is 0.364. The topological polar surface area (TPSA) is 49.4 Å². The fourth-order valence-electron chi connectivity index (χ4n) is 0.894. The molecule has 1 rings (SSSR count). The molecule has 0 aromatic heterocycles. The van der Waals surface area contributed by atoms with E-state index in [-0.39, 0.29) is 0 Å². The maximum absolute atomic E-state index is 11.1. The Hall–Kier alpha value is -1.32. The average Bonchev–Trinajstić information content (AvgIpc) is 2.53. The summed E-state index contributed by atoms with van der Waals surface area (Å²) in [5.41, 5.74) is 0. The van der Waals surface area contributed by atoms with Crippen molar-refractivity contribution in [2.24, 2.45) is 0 Å². The molecule has 4 nitrogen and oxygen atoms in total. The molecule has 0 aromatic carbocycles. The lowest BCUT2D eigenvalue weighted by molar-refractivity contribution is -0.144. The van der Waals surface area contributed by atoms with Crippen LogP contribution >= 0.6 is 0 Å². The third-order valence-corrected chi connectivity index (χ3v) is 1.53. The van der Waals surface area contributed by atoms with Crippen LogP contribution in [0.1, 0.15) is 0 Å². The smallest absolute Gasteiger partial charge is 0.312 e. The van der Waals surface area contributed by atoms with Gasteiger partial charge < -0.3 is 10.2 Å². The highest BCUT2D eigenvalue weighted by atomic mass is 16.2. The Labute approximate surface area is 64.9 Å². The van der Waals surface area contributed by atoms with Gasteiger partial charge in [-0.2, -0.15) is 0 Å². The van der Waals surface area contributed by atoms with E-state index in [0.29, 0.717) is 13.1 Å². The van der Waals surface area contributed by atoms with Crippen molar-refractivity contribution in [2.75, 3.05) is 20.1 Å². The van der Waals surface area contributed by atoms with E-state index >= 15 is 0 Å². The predicted molar refractivity (Wildman–Crippen MR) is 39.8 cm³/mol. The molecule has 0 fully saturated rings. The second kappa shape index (κ2) is 3.18. The van der Waals surface area contributed by atoms with Gasteiger partial charge >= 0.3 is 11.8 Å². The molecule has 0 bridgehead atoms. The lowest BCUT2D eigenvalue weighted by atomic mass is 10.5. The third-order valence-electron chi connectivity index (χ3n) is 1.53. The summed E-state index contributed by atoms with van der Waals surface area (Å²) < 4.78 is 0. The zero-order valence-electron chi connectivity index (χ0n) is 6.33. The fraction of sp³-hybridized carbons (Fsp3) is 0.429. The highest BCUT2D eigenvalue weighted by Crippen LogP contribution is 1.98. The summed E-state index contributed by atoms with van der Waals surface area (Å²) >= 11 is 0. The summed E-state index contributed by atoms with van der Waals surface area (Å²) in [4.78, 5) is 23.3. The first-order chi connectivity index (χ1) is 5.25. The fourth-order valence-corrected chi connectivity index (χ4v) is 0.894. The summed E-state index contributed by atoms with van der Waals surface area (Å²) in [6, 6.07) is 0. The van der Waals surface area contributed by atoms with Crippen LogP contribution < -0.4 is 5.32 Å². The minimum absolute atomic E-state index is 0.461. The van der Waals surface area contributed by atoms with Gasteiger partial charge in [-0.3, -0.25) is 9.59 Å². The van der Waals surface area contributed by atoms with Crippen LogP contribution in [0.2, 0.25) is 0 Å². The van der Waals surface area contributed by atoms with Crippen molar-refractivity contribution >= 4 is 11.8 Å². The molecule has 0 aliphatic carbocycles. The van der Waals surface area contributed by atoms with Crippen LogP contribution in [0.3, 0.4) is 0 Å². The zero-order valence-corrected chi connectivity index (χ0v) is 6.33. The summed E-state index contributed by atoms with van der Waals surface area (Å²) in [7, 11) is 1.45. The molecule has 0 unspecified atom stereocenters. The van der Waals surface area contributed by atoms with Gasteiger partial charge in [0, 0.05) is 20.1 Å². The number of rotatable bonds is 0. The summed E-state index contributed by atoms with van der Waals surface area (Å²) in [6.45, 7) is 1.10. The van der Waals surface area contributed by atoms with Crippen molar-refractivity contribution in [3.63, 3.8) is 0 Å². The summed E-state index contributed by atoms with van der Waals surface area (Å²) in [6.07, 6.45) is 3.72. The summed E-state index contributed by atoms with van der Waals surface area (Å²) in [5, 5.41) is 2.28. The first kappa shape index (κ1) is 7.78. The van der Waals surface area contributed by atoms with Gasteiger partial charge in [-0.1, -0.05) is 12.2 Å². The normalized spacial score (nSPS) is 15.2. The Kier molecular flexibility index (Phi) is 2.25. The molecule has 0 spiro atoms. The molecule has 0 saturated heterocycles. The zero-order chi connectivity index (χ0) is 8.27. The number of nitrogens with one attached hydrogen (secondary N) is 1. The number of nitrogens with zero attached hydrogens (tertiary/aromatic N) is 1. The molecular weight excluding hydrogens is 144 g/mol. The maximum Gasteiger partial charge on any atom is 0.312 e. The maximum atomic E-state index is 11.1.